The highest BCUT2D eigenvalue weighted by Gasteiger charge is 2.17. The summed E-state index contributed by atoms with van der Waals surface area (Å²) in [6, 6.07) is 18.6. The van der Waals surface area contributed by atoms with Gasteiger partial charge in [-0.15, -0.1) is 0 Å². The van der Waals surface area contributed by atoms with Gasteiger partial charge in [0.1, 0.15) is 5.75 Å². The molecule has 0 saturated heterocycles. The third-order valence-corrected chi connectivity index (χ3v) is 4.85. The molecule has 1 aliphatic rings. The second-order valence-electron chi connectivity index (χ2n) is 6.29. The van der Waals surface area contributed by atoms with Crippen LogP contribution in [-0.4, -0.2) is 12.1 Å². The molecule has 1 heterocycles. The predicted octanol–water partition coefficient (Wildman–Crippen LogP) is 4.32. The molecule has 1 aromatic heterocycles. The minimum Gasteiger partial charge on any atom is -0.497 e. The Labute approximate surface area is 147 Å². The van der Waals surface area contributed by atoms with Crippen LogP contribution in [0.4, 0.5) is 0 Å². The molecule has 2 aromatic carbocycles. The van der Waals surface area contributed by atoms with Crippen molar-refractivity contribution in [2.45, 2.75) is 19.3 Å². The van der Waals surface area contributed by atoms with E-state index in [4.69, 9.17) is 9.72 Å². The first-order chi connectivity index (χ1) is 12.3. The minimum absolute atomic E-state index is 0.790. The summed E-state index contributed by atoms with van der Waals surface area (Å²) in [6.45, 7) is 0. The van der Waals surface area contributed by atoms with Crippen LogP contribution >= 0.6 is 0 Å². The van der Waals surface area contributed by atoms with Crippen molar-refractivity contribution >= 4 is 0 Å². The molecule has 0 spiro atoms. The number of pyridine rings is 1. The number of ether oxygens (including phenoxy) is 1. The molecule has 3 heteroatoms. The third kappa shape index (κ3) is 2.88. The molecule has 0 bridgehead atoms. The quantitative estimate of drug-likeness (QED) is 0.704. The Morgan fingerprint density at radius 3 is 2.72 bits per heavy atom. The summed E-state index contributed by atoms with van der Waals surface area (Å²) in [6.07, 6.45) is 4.51. The lowest BCUT2D eigenvalue weighted by Gasteiger charge is -2.10. The fraction of sp³-hybridized carbons (Fsp3) is 0.182. The first-order valence-corrected chi connectivity index (χ1v) is 8.41. The lowest BCUT2D eigenvalue weighted by molar-refractivity contribution is 0.415. The van der Waals surface area contributed by atoms with Gasteiger partial charge in [0.05, 0.1) is 18.7 Å². The number of rotatable bonds is 2. The van der Waals surface area contributed by atoms with Crippen LogP contribution in [0.5, 0.6) is 5.75 Å². The standard InChI is InChI=1S/C22H18N2O/c1-25-20-7-3-4-15(12-20)19-11-18-10-16-5-2-6-17(13-23)21(16)8-9-22(18)24-14-19/h2-7,11-12,14H,8-10H2,1H3. The number of hydrogen-bond donors (Lipinski definition) is 0. The van der Waals surface area contributed by atoms with Crippen LogP contribution in [0.1, 0.15) is 27.9 Å². The van der Waals surface area contributed by atoms with Crippen molar-refractivity contribution < 1.29 is 4.74 Å². The summed E-state index contributed by atoms with van der Waals surface area (Å²) in [5.74, 6) is 0.844. The van der Waals surface area contributed by atoms with E-state index in [0.29, 0.717) is 0 Å². The zero-order valence-corrected chi connectivity index (χ0v) is 14.1. The molecule has 0 saturated carbocycles. The second kappa shape index (κ2) is 6.41. The number of aryl methyl sites for hydroxylation is 1. The number of nitriles is 1. The van der Waals surface area contributed by atoms with Crippen LogP contribution in [-0.2, 0) is 19.3 Å². The molecule has 3 nitrogen and oxygen atoms in total. The Morgan fingerprint density at radius 1 is 1.00 bits per heavy atom. The Bertz CT molecular complexity index is 986. The van der Waals surface area contributed by atoms with Crippen molar-refractivity contribution in [1.29, 1.82) is 5.26 Å². The summed E-state index contributed by atoms with van der Waals surface area (Å²) in [5, 5.41) is 9.37. The molecule has 1 aliphatic carbocycles. The van der Waals surface area contributed by atoms with Crippen LogP contribution in [0.15, 0.2) is 54.7 Å². The third-order valence-electron chi connectivity index (χ3n) is 4.85. The maximum Gasteiger partial charge on any atom is 0.119 e. The molecule has 0 radical (unpaired) electrons. The van der Waals surface area contributed by atoms with Gasteiger partial charge in [0.2, 0.25) is 0 Å². The number of benzene rings is 2. The predicted molar refractivity (Wildman–Crippen MR) is 97.6 cm³/mol. The van der Waals surface area contributed by atoms with Gasteiger partial charge in [0, 0.05) is 17.5 Å². The van der Waals surface area contributed by atoms with Gasteiger partial charge < -0.3 is 4.74 Å². The van der Waals surface area contributed by atoms with E-state index in [2.05, 4.69) is 24.3 Å². The number of nitrogens with zero attached hydrogens (tertiary/aromatic N) is 2. The highest BCUT2D eigenvalue weighted by atomic mass is 16.5. The lowest BCUT2D eigenvalue weighted by atomic mass is 9.96. The van der Waals surface area contributed by atoms with Gasteiger partial charge in [-0.3, -0.25) is 4.98 Å². The summed E-state index contributed by atoms with van der Waals surface area (Å²) >= 11 is 0. The van der Waals surface area contributed by atoms with E-state index < -0.39 is 0 Å². The van der Waals surface area contributed by atoms with Gasteiger partial charge in [-0.05, 0) is 65.8 Å². The van der Waals surface area contributed by atoms with E-state index in [1.165, 1.54) is 16.7 Å². The summed E-state index contributed by atoms with van der Waals surface area (Å²) in [7, 11) is 1.68. The van der Waals surface area contributed by atoms with Gasteiger partial charge in [0.25, 0.3) is 0 Å². The number of fused-ring (bicyclic) bond motifs is 2. The van der Waals surface area contributed by atoms with Crippen molar-refractivity contribution in [1.82, 2.24) is 4.98 Å². The van der Waals surface area contributed by atoms with Crippen LogP contribution in [0, 0.1) is 11.3 Å². The normalized spacial score (nSPS) is 12.5. The molecule has 0 amide bonds. The Hall–Kier alpha value is -3.12. The molecule has 25 heavy (non-hydrogen) atoms. The van der Waals surface area contributed by atoms with E-state index >= 15 is 0 Å². The summed E-state index contributed by atoms with van der Waals surface area (Å²) in [5.41, 5.74) is 7.77. The first-order valence-electron chi connectivity index (χ1n) is 8.41. The van der Waals surface area contributed by atoms with Gasteiger partial charge >= 0.3 is 0 Å². The maximum absolute atomic E-state index is 9.37. The monoisotopic (exact) mass is 326 g/mol. The first kappa shape index (κ1) is 15.4. The summed E-state index contributed by atoms with van der Waals surface area (Å²) in [4.78, 5) is 4.73. The van der Waals surface area contributed by atoms with E-state index in [9.17, 15) is 5.26 Å². The van der Waals surface area contributed by atoms with Crippen molar-refractivity contribution in [2.75, 3.05) is 7.11 Å². The SMILES string of the molecule is COc1cccc(-c2cnc3c(c2)Cc2cccc(C#N)c2CC3)c1. The minimum atomic E-state index is 0.790. The molecule has 0 aliphatic heterocycles. The zero-order valence-electron chi connectivity index (χ0n) is 14.1. The molecule has 3 aromatic rings. The average molecular weight is 326 g/mol. The Balaban J connectivity index is 1.76. The van der Waals surface area contributed by atoms with E-state index in [-0.39, 0.29) is 0 Å². The molecule has 0 N–H and O–H groups in total. The van der Waals surface area contributed by atoms with Gasteiger partial charge in [0.15, 0.2) is 0 Å². The van der Waals surface area contributed by atoms with Crippen LogP contribution < -0.4 is 4.74 Å². The number of aromatic nitrogens is 1. The van der Waals surface area contributed by atoms with Crippen molar-refractivity contribution in [3.63, 3.8) is 0 Å². The highest BCUT2D eigenvalue weighted by molar-refractivity contribution is 5.65. The van der Waals surface area contributed by atoms with Gasteiger partial charge in [-0.2, -0.15) is 5.26 Å². The largest absolute Gasteiger partial charge is 0.497 e. The molecular formula is C22H18N2O. The molecule has 4 rings (SSSR count). The van der Waals surface area contributed by atoms with Crippen molar-refractivity contribution in [2.24, 2.45) is 0 Å². The lowest BCUT2D eigenvalue weighted by Crippen LogP contribution is -1.97. The van der Waals surface area contributed by atoms with Crippen LogP contribution in [0.2, 0.25) is 0 Å². The highest BCUT2D eigenvalue weighted by Crippen LogP contribution is 2.29. The van der Waals surface area contributed by atoms with Crippen molar-refractivity contribution in [3.8, 4) is 22.9 Å². The van der Waals surface area contributed by atoms with E-state index in [0.717, 1.165) is 47.4 Å². The van der Waals surface area contributed by atoms with Crippen LogP contribution in [0.25, 0.3) is 11.1 Å². The Morgan fingerprint density at radius 2 is 1.88 bits per heavy atom. The molecular weight excluding hydrogens is 308 g/mol. The fourth-order valence-electron chi connectivity index (χ4n) is 3.53. The Kier molecular flexibility index (Phi) is 3.95. The van der Waals surface area contributed by atoms with Crippen LogP contribution in [0.3, 0.4) is 0 Å². The topological polar surface area (TPSA) is 45.9 Å². The van der Waals surface area contributed by atoms with Gasteiger partial charge in [-0.1, -0.05) is 24.3 Å². The number of methoxy groups -OCH3 is 1. The average Bonchev–Trinajstić information content (AvgIpc) is 2.86. The second-order valence-corrected chi connectivity index (χ2v) is 6.29. The fourth-order valence-corrected chi connectivity index (χ4v) is 3.53. The molecule has 0 unspecified atom stereocenters. The van der Waals surface area contributed by atoms with E-state index in [1.807, 2.05) is 36.5 Å². The van der Waals surface area contributed by atoms with Gasteiger partial charge in [-0.25, -0.2) is 0 Å². The molecule has 122 valence electrons. The van der Waals surface area contributed by atoms with E-state index in [1.54, 1.807) is 7.11 Å². The maximum atomic E-state index is 9.37. The summed E-state index contributed by atoms with van der Waals surface area (Å²) < 4.78 is 5.33. The smallest absolute Gasteiger partial charge is 0.119 e. The number of hydrogen-bond acceptors (Lipinski definition) is 3. The van der Waals surface area contributed by atoms with Crippen molar-refractivity contribution in [3.05, 3.63) is 82.7 Å². The molecule has 0 atom stereocenters. The zero-order chi connectivity index (χ0) is 17.2. The molecule has 0 fully saturated rings.